The summed E-state index contributed by atoms with van der Waals surface area (Å²) in [6, 6.07) is 12.8. The Kier molecular flexibility index (Phi) is 4.90. The number of hydrogen-bond acceptors (Lipinski definition) is 3. The fraction of sp³-hybridized carbons (Fsp3) is 0.316. The number of nitrogens with one attached hydrogen (secondary N) is 1. The molecule has 2 aromatic rings. The van der Waals surface area contributed by atoms with Crippen molar-refractivity contribution in [3.05, 3.63) is 54.3 Å². The van der Waals surface area contributed by atoms with E-state index in [-0.39, 0.29) is 17.3 Å². The maximum atomic E-state index is 13.6. The van der Waals surface area contributed by atoms with Crippen LogP contribution in [0.15, 0.2) is 48.5 Å². The van der Waals surface area contributed by atoms with E-state index in [0.717, 1.165) is 12.8 Å². The van der Waals surface area contributed by atoms with Crippen LogP contribution in [-0.4, -0.2) is 37.2 Å². The second kappa shape index (κ2) is 7.11. The molecule has 0 bridgehead atoms. The maximum Gasteiger partial charge on any atom is 0.322 e. The third-order valence-electron chi connectivity index (χ3n) is 4.43. The van der Waals surface area contributed by atoms with Gasteiger partial charge in [-0.05, 0) is 49.2 Å². The largest absolute Gasteiger partial charge is 0.454 e. The normalized spacial score (nSPS) is 14.7. The molecule has 2 aromatic carbocycles. The summed E-state index contributed by atoms with van der Waals surface area (Å²) in [5, 5.41) is 2.85. The van der Waals surface area contributed by atoms with Crippen LogP contribution in [0.5, 0.6) is 11.5 Å². The molecule has 2 amide bonds. The number of methoxy groups -OCH3 is 1. The number of benzene rings is 2. The molecule has 6 heteroatoms. The third-order valence-corrected chi connectivity index (χ3v) is 4.43. The topological polar surface area (TPSA) is 50.8 Å². The van der Waals surface area contributed by atoms with Gasteiger partial charge in [0.25, 0.3) is 0 Å². The molecule has 5 nitrogen and oxygen atoms in total. The number of anilines is 1. The van der Waals surface area contributed by atoms with Crippen LogP contribution in [0.2, 0.25) is 0 Å². The Morgan fingerprint density at radius 3 is 2.48 bits per heavy atom. The fourth-order valence-corrected chi connectivity index (χ4v) is 2.67. The van der Waals surface area contributed by atoms with Crippen molar-refractivity contribution in [3.8, 4) is 11.5 Å². The average molecular weight is 344 g/mol. The Labute approximate surface area is 146 Å². The number of hydrogen-bond donors (Lipinski definition) is 1. The van der Waals surface area contributed by atoms with Crippen molar-refractivity contribution in [1.29, 1.82) is 0 Å². The highest BCUT2D eigenvalue weighted by atomic mass is 19.1. The van der Waals surface area contributed by atoms with Gasteiger partial charge >= 0.3 is 6.03 Å². The molecule has 1 aliphatic rings. The quantitative estimate of drug-likeness (QED) is 0.852. The third kappa shape index (κ3) is 3.91. The molecular formula is C19H21FN2O3. The smallest absolute Gasteiger partial charge is 0.322 e. The molecule has 25 heavy (non-hydrogen) atoms. The minimum atomic E-state index is -0.422. The van der Waals surface area contributed by atoms with Crippen LogP contribution in [0.1, 0.15) is 12.8 Å². The summed E-state index contributed by atoms with van der Waals surface area (Å²) in [5.74, 6) is 0.234. The van der Waals surface area contributed by atoms with E-state index in [9.17, 15) is 9.18 Å². The van der Waals surface area contributed by atoms with Gasteiger partial charge in [0.15, 0.2) is 11.6 Å². The van der Waals surface area contributed by atoms with Gasteiger partial charge in [0.1, 0.15) is 5.75 Å². The van der Waals surface area contributed by atoms with E-state index in [1.54, 1.807) is 61.5 Å². The lowest BCUT2D eigenvalue weighted by Gasteiger charge is -2.27. The molecule has 1 N–H and O–H groups in total. The van der Waals surface area contributed by atoms with Crippen LogP contribution in [0.25, 0.3) is 0 Å². The number of amides is 2. The lowest BCUT2D eigenvalue weighted by Crippen LogP contribution is -2.44. The number of likely N-dealkylation sites (N-methyl/N-ethyl adjacent to an activating group) is 1. The molecule has 0 atom stereocenters. The first-order valence-corrected chi connectivity index (χ1v) is 8.10. The zero-order chi connectivity index (χ0) is 17.9. The van der Waals surface area contributed by atoms with Gasteiger partial charge in [-0.1, -0.05) is 12.1 Å². The van der Waals surface area contributed by atoms with Crippen LogP contribution in [-0.2, 0) is 4.74 Å². The highest BCUT2D eigenvalue weighted by Crippen LogP contribution is 2.41. The minimum absolute atomic E-state index is 0.161. The first kappa shape index (κ1) is 17.2. The number of ether oxygens (including phenoxy) is 2. The van der Waals surface area contributed by atoms with Crippen molar-refractivity contribution in [2.45, 2.75) is 18.4 Å². The minimum Gasteiger partial charge on any atom is -0.454 e. The van der Waals surface area contributed by atoms with Crippen molar-refractivity contribution in [3.63, 3.8) is 0 Å². The summed E-state index contributed by atoms with van der Waals surface area (Å²) in [6.45, 7) is 0.534. The molecule has 3 rings (SSSR count). The van der Waals surface area contributed by atoms with Gasteiger partial charge in [-0.25, -0.2) is 9.18 Å². The molecule has 1 fully saturated rings. The zero-order valence-corrected chi connectivity index (χ0v) is 14.3. The van der Waals surface area contributed by atoms with Gasteiger partial charge in [-0.15, -0.1) is 0 Å². The monoisotopic (exact) mass is 344 g/mol. The summed E-state index contributed by atoms with van der Waals surface area (Å²) in [5.41, 5.74) is 0.457. The summed E-state index contributed by atoms with van der Waals surface area (Å²) in [4.78, 5) is 14.1. The van der Waals surface area contributed by atoms with Crippen molar-refractivity contribution >= 4 is 11.7 Å². The number of para-hydroxylation sites is 1. The zero-order valence-electron chi connectivity index (χ0n) is 14.3. The van der Waals surface area contributed by atoms with Crippen LogP contribution >= 0.6 is 0 Å². The standard InChI is InChI=1S/C19H21FN2O3/c1-22(19(11-12-19)13-24-2)18(23)21-14-7-9-15(10-8-14)25-17-6-4-3-5-16(17)20/h3-10H,11-13H2,1-2H3,(H,21,23). The molecule has 1 aliphatic carbocycles. The fourth-order valence-electron chi connectivity index (χ4n) is 2.67. The molecular weight excluding hydrogens is 323 g/mol. The SMILES string of the molecule is COCC1(N(C)C(=O)Nc2ccc(Oc3ccccc3F)cc2)CC1. The van der Waals surface area contributed by atoms with Gasteiger partial charge in [0.05, 0.1) is 12.1 Å². The molecule has 0 aliphatic heterocycles. The van der Waals surface area contributed by atoms with E-state index in [1.165, 1.54) is 6.07 Å². The Hall–Kier alpha value is -2.60. The van der Waals surface area contributed by atoms with Gasteiger partial charge < -0.3 is 19.7 Å². The van der Waals surface area contributed by atoms with Gasteiger partial charge in [-0.3, -0.25) is 0 Å². The predicted octanol–water partition coefficient (Wildman–Crippen LogP) is 4.26. The van der Waals surface area contributed by atoms with Gasteiger partial charge in [0.2, 0.25) is 0 Å². The van der Waals surface area contributed by atoms with Crippen molar-refractivity contribution in [2.24, 2.45) is 0 Å². The molecule has 0 radical (unpaired) electrons. The van der Waals surface area contributed by atoms with E-state index < -0.39 is 5.82 Å². The van der Waals surface area contributed by atoms with E-state index in [4.69, 9.17) is 9.47 Å². The van der Waals surface area contributed by atoms with E-state index in [2.05, 4.69) is 5.32 Å². The number of carbonyl (C=O) groups is 1. The van der Waals surface area contributed by atoms with E-state index >= 15 is 0 Å². The van der Waals surface area contributed by atoms with Crippen LogP contribution in [0.4, 0.5) is 14.9 Å². The molecule has 0 heterocycles. The highest BCUT2D eigenvalue weighted by molar-refractivity contribution is 5.90. The molecule has 1 saturated carbocycles. The van der Waals surface area contributed by atoms with Gasteiger partial charge in [0, 0.05) is 19.8 Å². The van der Waals surface area contributed by atoms with E-state index in [1.807, 2.05) is 0 Å². The van der Waals surface area contributed by atoms with Crippen LogP contribution in [0.3, 0.4) is 0 Å². The first-order valence-electron chi connectivity index (χ1n) is 8.10. The molecule has 0 unspecified atom stereocenters. The summed E-state index contributed by atoms with van der Waals surface area (Å²) in [6.07, 6.45) is 1.89. The van der Waals surface area contributed by atoms with Crippen molar-refractivity contribution in [2.75, 3.05) is 26.1 Å². The number of halogens is 1. The second-order valence-corrected chi connectivity index (χ2v) is 6.20. The molecule has 132 valence electrons. The number of rotatable bonds is 6. The first-order chi connectivity index (χ1) is 12.0. The lowest BCUT2D eigenvalue weighted by atomic mass is 10.2. The number of nitrogens with zero attached hydrogens (tertiary/aromatic N) is 1. The van der Waals surface area contributed by atoms with E-state index in [0.29, 0.717) is 18.0 Å². The number of urea groups is 1. The molecule has 0 aromatic heterocycles. The van der Waals surface area contributed by atoms with Crippen LogP contribution in [0, 0.1) is 5.82 Å². The van der Waals surface area contributed by atoms with Crippen molar-refractivity contribution < 1.29 is 18.7 Å². The summed E-state index contributed by atoms with van der Waals surface area (Å²) < 4.78 is 24.3. The number of carbonyl (C=O) groups excluding carboxylic acids is 1. The maximum absolute atomic E-state index is 13.6. The van der Waals surface area contributed by atoms with Crippen molar-refractivity contribution in [1.82, 2.24) is 4.90 Å². The van der Waals surface area contributed by atoms with Gasteiger partial charge in [-0.2, -0.15) is 0 Å². The van der Waals surface area contributed by atoms with Crippen LogP contribution < -0.4 is 10.1 Å². The Bertz CT molecular complexity index is 745. The summed E-state index contributed by atoms with van der Waals surface area (Å²) in [7, 11) is 3.41. The average Bonchev–Trinajstić information content (AvgIpc) is 3.39. The Morgan fingerprint density at radius 1 is 1.20 bits per heavy atom. The molecule has 0 saturated heterocycles. The summed E-state index contributed by atoms with van der Waals surface area (Å²) >= 11 is 0. The second-order valence-electron chi connectivity index (χ2n) is 6.20. The Morgan fingerprint density at radius 2 is 1.88 bits per heavy atom. The highest BCUT2D eigenvalue weighted by Gasteiger charge is 2.48. The molecule has 0 spiro atoms. The lowest BCUT2D eigenvalue weighted by molar-refractivity contribution is 0.108. The predicted molar refractivity (Wildman–Crippen MR) is 93.5 cm³/mol. The Balaban J connectivity index is 1.61.